The fourth-order valence-corrected chi connectivity index (χ4v) is 4.43. The number of benzene rings is 2. The maximum absolute atomic E-state index is 13.1. The second kappa shape index (κ2) is 11.8. The molecule has 1 unspecified atom stereocenters. The normalized spacial score (nSPS) is 12.0. The second-order valence-electron chi connectivity index (χ2n) is 7.18. The standard InChI is InChI=1S/C22H25Cl3N2O2S/c1-14(2)26-22(29)15(3)27(11-16-8-9-18(23)10-20(16)25)21(28)13-30-12-17-6-4-5-7-19(17)24/h4-10,14-15H,11-13H2,1-3H3,(H,26,29). The van der Waals surface area contributed by atoms with E-state index < -0.39 is 6.04 Å². The van der Waals surface area contributed by atoms with Crippen molar-refractivity contribution >= 4 is 58.4 Å². The maximum atomic E-state index is 13.1. The zero-order valence-corrected chi connectivity index (χ0v) is 20.2. The average molecular weight is 488 g/mol. The van der Waals surface area contributed by atoms with Crippen LogP contribution in [0.15, 0.2) is 42.5 Å². The van der Waals surface area contributed by atoms with Crippen LogP contribution in [-0.4, -0.2) is 34.6 Å². The van der Waals surface area contributed by atoms with Crippen LogP contribution in [0.3, 0.4) is 0 Å². The minimum Gasteiger partial charge on any atom is -0.352 e. The fourth-order valence-electron chi connectivity index (χ4n) is 2.77. The van der Waals surface area contributed by atoms with Gasteiger partial charge in [-0.25, -0.2) is 0 Å². The van der Waals surface area contributed by atoms with Crippen molar-refractivity contribution in [3.63, 3.8) is 0 Å². The Bertz CT molecular complexity index is 892. The molecule has 4 nitrogen and oxygen atoms in total. The highest BCUT2D eigenvalue weighted by Gasteiger charge is 2.27. The first-order valence-corrected chi connectivity index (χ1v) is 11.8. The van der Waals surface area contributed by atoms with E-state index in [1.807, 2.05) is 38.1 Å². The molecule has 162 valence electrons. The quantitative estimate of drug-likeness (QED) is 0.485. The molecule has 0 heterocycles. The Balaban J connectivity index is 2.13. The van der Waals surface area contributed by atoms with Crippen LogP contribution in [0, 0.1) is 0 Å². The minimum absolute atomic E-state index is 0.0226. The van der Waals surface area contributed by atoms with Crippen LogP contribution < -0.4 is 5.32 Å². The van der Waals surface area contributed by atoms with Gasteiger partial charge < -0.3 is 10.2 Å². The number of amides is 2. The molecule has 0 aromatic heterocycles. The molecule has 0 aliphatic carbocycles. The van der Waals surface area contributed by atoms with Gasteiger partial charge in [0, 0.05) is 33.4 Å². The van der Waals surface area contributed by atoms with Gasteiger partial charge in [0.15, 0.2) is 0 Å². The van der Waals surface area contributed by atoms with Crippen LogP contribution in [0.25, 0.3) is 0 Å². The van der Waals surface area contributed by atoms with E-state index in [0.29, 0.717) is 20.8 Å². The van der Waals surface area contributed by atoms with Gasteiger partial charge in [-0.15, -0.1) is 11.8 Å². The molecule has 2 aromatic carbocycles. The summed E-state index contributed by atoms with van der Waals surface area (Å²) >= 11 is 19.9. The van der Waals surface area contributed by atoms with Crippen LogP contribution in [0.1, 0.15) is 31.9 Å². The Kier molecular flexibility index (Phi) is 9.82. The summed E-state index contributed by atoms with van der Waals surface area (Å²) in [4.78, 5) is 27.2. The predicted octanol–water partition coefficient (Wildman–Crippen LogP) is 5.82. The zero-order valence-electron chi connectivity index (χ0n) is 17.1. The monoisotopic (exact) mass is 486 g/mol. The van der Waals surface area contributed by atoms with E-state index in [1.165, 1.54) is 11.8 Å². The highest BCUT2D eigenvalue weighted by Crippen LogP contribution is 2.25. The number of nitrogens with one attached hydrogen (secondary N) is 1. The lowest BCUT2D eigenvalue weighted by Crippen LogP contribution is -2.49. The number of rotatable bonds is 9. The third-order valence-corrected chi connectivity index (χ3v) is 6.32. The summed E-state index contributed by atoms with van der Waals surface area (Å²) in [6.07, 6.45) is 0. The van der Waals surface area contributed by atoms with Gasteiger partial charge in [0.25, 0.3) is 0 Å². The first kappa shape index (κ1) is 24.9. The number of hydrogen-bond donors (Lipinski definition) is 1. The Labute approximate surface area is 197 Å². The topological polar surface area (TPSA) is 49.4 Å². The highest BCUT2D eigenvalue weighted by molar-refractivity contribution is 7.99. The number of thioether (sulfide) groups is 1. The molecule has 8 heteroatoms. The molecular formula is C22H25Cl3N2O2S. The van der Waals surface area contributed by atoms with Crippen molar-refractivity contribution in [3.8, 4) is 0 Å². The van der Waals surface area contributed by atoms with Gasteiger partial charge in [-0.2, -0.15) is 0 Å². The van der Waals surface area contributed by atoms with E-state index in [0.717, 1.165) is 11.1 Å². The van der Waals surface area contributed by atoms with E-state index in [4.69, 9.17) is 34.8 Å². The molecule has 0 radical (unpaired) electrons. The lowest BCUT2D eigenvalue weighted by molar-refractivity contribution is -0.138. The molecule has 2 rings (SSSR count). The summed E-state index contributed by atoms with van der Waals surface area (Å²) in [6.45, 7) is 5.70. The molecular weight excluding hydrogens is 463 g/mol. The molecule has 0 aliphatic heterocycles. The molecule has 1 N–H and O–H groups in total. The maximum Gasteiger partial charge on any atom is 0.242 e. The number of nitrogens with zero attached hydrogens (tertiary/aromatic N) is 1. The largest absolute Gasteiger partial charge is 0.352 e. The summed E-state index contributed by atoms with van der Waals surface area (Å²) < 4.78 is 0. The van der Waals surface area contributed by atoms with E-state index in [9.17, 15) is 9.59 Å². The van der Waals surface area contributed by atoms with E-state index in [-0.39, 0.29) is 30.2 Å². The van der Waals surface area contributed by atoms with Gasteiger partial charge in [0.1, 0.15) is 6.04 Å². The first-order chi connectivity index (χ1) is 14.2. The third kappa shape index (κ3) is 7.38. The molecule has 2 aromatic rings. The smallest absolute Gasteiger partial charge is 0.242 e. The predicted molar refractivity (Wildman–Crippen MR) is 127 cm³/mol. The van der Waals surface area contributed by atoms with Crippen molar-refractivity contribution in [1.82, 2.24) is 10.2 Å². The first-order valence-electron chi connectivity index (χ1n) is 9.54. The highest BCUT2D eigenvalue weighted by atomic mass is 35.5. The van der Waals surface area contributed by atoms with Crippen molar-refractivity contribution in [2.45, 2.75) is 45.2 Å². The molecule has 0 spiro atoms. The van der Waals surface area contributed by atoms with E-state index >= 15 is 0 Å². The third-order valence-electron chi connectivity index (χ3n) is 4.39. The molecule has 2 amide bonds. The van der Waals surface area contributed by atoms with Gasteiger partial charge in [-0.3, -0.25) is 9.59 Å². The minimum atomic E-state index is -0.646. The molecule has 1 atom stereocenters. The summed E-state index contributed by atoms with van der Waals surface area (Å²) in [5.41, 5.74) is 1.70. The van der Waals surface area contributed by atoms with E-state index in [2.05, 4.69) is 5.32 Å². The van der Waals surface area contributed by atoms with Gasteiger partial charge in [0.05, 0.1) is 5.75 Å². The molecule has 0 aliphatic rings. The van der Waals surface area contributed by atoms with Crippen molar-refractivity contribution in [3.05, 3.63) is 68.7 Å². The zero-order chi connectivity index (χ0) is 22.3. The van der Waals surface area contributed by atoms with Crippen LogP contribution in [-0.2, 0) is 21.9 Å². The van der Waals surface area contributed by atoms with Crippen molar-refractivity contribution in [2.75, 3.05) is 5.75 Å². The number of carbonyl (C=O) groups is 2. The lowest BCUT2D eigenvalue weighted by atomic mass is 10.1. The lowest BCUT2D eigenvalue weighted by Gasteiger charge is -2.29. The summed E-state index contributed by atoms with van der Waals surface area (Å²) in [5, 5.41) is 4.51. The summed E-state index contributed by atoms with van der Waals surface area (Å²) in [7, 11) is 0. The van der Waals surface area contributed by atoms with Crippen molar-refractivity contribution in [2.24, 2.45) is 0 Å². The molecule has 0 saturated carbocycles. The fraction of sp³-hybridized carbons (Fsp3) is 0.364. The molecule has 0 fully saturated rings. The second-order valence-corrected chi connectivity index (χ2v) is 9.42. The Morgan fingerprint density at radius 1 is 1.00 bits per heavy atom. The Morgan fingerprint density at radius 2 is 1.70 bits per heavy atom. The van der Waals surface area contributed by atoms with Crippen molar-refractivity contribution < 1.29 is 9.59 Å². The number of carbonyl (C=O) groups excluding carboxylic acids is 2. The van der Waals surface area contributed by atoms with E-state index in [1.54, 1.807) is 30.0 Å². The number of halogens is 3. The number of hydrogen-bond acceptors (Lipinski definition) is 3. The summed E-state index contributed by atoms with van der Waals surface area (Å²) in [6, 6.07) is 12.0. The average Bonchev–Trinajstić information content (AvgIpc) is 2.67. The van der Waals surface area contributed by atoms with Gasteiger partial charge in [-0.1, -0.05) is 59.1 Å². The SMILES string of the molecule is CC(C)NC(=O)C(C)N(Cc1ccc(Cl)cc1Cl)C(=O)CSCc1ccccc1Cl. The summed E-state index contributed by atoms with van der Waals surface area (Å²) in [5.74, 6) is 0.465. The van der Waals surface area contributed by atoms with Crippen LogP contribution in [0.2, 0.25) is 15.1 Å². The van der Waals surface area contributed by atoms with Crippen LogP contribution in [0.4, 0.5) is 0 Å². The van der Waals surface area contributed by atoms with Gasteiger partial charge >= 0.3 is 0 Å². The van der Waals surface area contributed by atoms with Gasteiger partial charge in [0.2, 0.25) is 11.8 Å². The Hall–Kier alpha value is -1.40. The molecule has 0 bridgehead atoms. The van der Waals surface area contributed by atoms with Crippen molar-refractivity contribution in [1.29, 1.82) is 0 Å². The van der Waals surface area contributed by atoms with Gasteiger partial charge in [-0.05, 0) is 50.1 Å². The molecule has 0 saturated heterocycles. The van der Waals surface area contributed by atoms with Crippen LogP contribution >= 0.6 is 46.6 Å². The molecule has 30 heavy (non-hydrogen) atoms. The Morgan fingerprint density at radius 3 is 2.33 bits per heavy atom. The van der Waals surface area contributed by atoms with Crippen LogP contribution in [0.5, 0.6) is 0 Å².